The number of hydrogen-bond donors (Lipinski definition) is 2. The van der Waals surface area contributed by atoms with Gasteiger partial charge in [0, 0.05) is 26.7 Å². The summed E-state index contributed by atoms with van der Waals surface area (Å²) in [6.07, 6.45) is 0.853. The van der Waals surface area contributed by atoms with Crippen LogP contribution in [0.15, 0.2) is 47.5 Å². The Labute approximate surface area is 194 Å². The summed E-state index contributed by atoms with van der Waals surface area (Å²) >= 11 is 0. The minimum Gasteiger partial charge on any atom is -0.493 e. The quantitative estimate of drug-likeness (QED) is 0.269. The first-order valence-electron chi connectivity index (χ1n) is 9.73. The van der Waals surface area contributed by atoms with E-state index >= 15 is 0 Å². The van der Waals surface area contributed by atoms with Crippen molar-refractivity contribution in [2.75, 3.05) is 34.4 Å². The maximum atomic E-state index is 5.37. The summed E-state index contributed by atoms with van der Waals surface area (Å²) in [5, 5.41) is 6.73. The second kappa shape index (κ2) is 11.6. The van der Waals surface area contributed by atoms with Gasteiger partial charge in [-0.3, -0.25) is 4.99 Å². The molecule has 0 aliphatic heterocycles. The normalized spacial score (nSPS) is 11.1. The average molecular weight is 523 g/mol. The Hall–Kier alpha value is -2.49. The number of para-hydroxylation sites is 2. The van der Waals surface area contributed by atoms with Crippen LogP contribution in [0.5, 0.6) is 11.5 Å². The number of aromatic nitrogens is 2. The summed E-state index contributed by atoms with van der Waals surface area (Å²) in [5.41, 5.74) is 3.36. The van der Waals surface area contributed by atoms with Gasteiger partial charge in [-0.15, -0.1) is 24.0 Å². The van der Waals surface area contributed by atoms with E-state index < -0.39 is 0 Å². The molecule has 0 saturated heterocycles. The van der Waals surface area contributed by atoms with Crippen LogP contribution < -0.4 is 20.1 Å². The van der Waals surface area contributed by atoms with Gasteiger partial charge in [0.1, 0.15) is 5.82 Å². The topological polar surface area (TPSA) is 72.7 Å². The summed E-state index contributed by atoms with van der Waals surface area (Å²) in [6.45, 7) is 4.39. The summed E-state index contributed by atoms with van der Waals surface area (Å²) in [5.74, 6) is 3.29. The van der Waals surface area contributed by atoms with Crippen LogP contribution in [0.1, 0.15) is 11.4 Å². The second-order valence-electron chi connectivity index (χ2n) is 6.66. The molecule has 0 atom stereocenters. The molecule has 162 valence electrons. The van der Waals surface area contributed by atoms with Gasteiger partial charge in [0.2, 0.25) is 0 Å². The molecule has 0 unspecified atom stereocenters. The molecule has 3 rings (SSSR count). The van der Waals surface area contributed by atoms with Crippen molar-refractivity contribution in [1.29, 1.82) is 0 Å². The number of nitrogens with zero attached hydrogens (tertiary/aromatic N) is 3. The number of methoxy groups -OCH3 is 2. The van der Waals surface area contributed by atoms with Crippen LogP contribution in [0.2, 0.25) is 0 Å². The third kappa shape index (κ3) is 5.78. The number of rotatable bonds is 8. The second-order valence-corrected chi connectivity index (χ2v) is 6.66. The standard InChI is InChI=1S/C22H29N5O2.HI/c1-16-26-18-7-5-6-8-19(18)27(16)14-13-25-22(23-2)24-12-11-17-9-10-20(28-3)21(15-17)29-4;/h5-10,15H,11-14H2,1-4H3,(H2,23,24,25);1H. The smallest absolute Gasteiger partial charge is 0.191 e. The van der Waals surface area contributed by atoms with Crippen molar-refractivity contribution in [2.24, 2.45) is 4.99 Å². The van der Waals surface area contributed by atoms with E-state index in [1.165, 1.54) is 5.56 Å². The Morgan fingerprint density at radius 1 is 1.03 bits per heavy atom. The molecule has 0 amide bonds. The zero-order valence-electron chi connectivity index (χ0n) is 17.9. The van der Waals surface area contributed by atoms with Gasteiger partial charge >= 0.3 is 0 Å². The molecule has 0 fully saturated rings. The van der Waals surface area contributed by atoms with Crippen LogP contribution in [0, 0.1) is 6.92 Å². The number of halogens is 1. The summed E-state index contributed by atoms with van der Waals surface area (Å²) < 4.78 is 12.9. The fourth-order valence-electron chi connectivity index (χ4n) is 3.35. The van der Waals surface area contributed by atoms with E-state index in [1.54, 1.807) is 21.3 Å². The van der Waals surface area contributed by atoms with E-state index in [2.05, 4.69) is 31.2 Å². The number of benzene rings is 2. The molecular weight excluding hydrogens is 493 g/mol. The maximum Gasteiger partial charge on any atom is 0.191 e. The SMILES string of the molecule is CN=C(NCCc1ccc(OC)c(OC)c1)NCCn1c(C)nc2ccccc21.I. The molecule has 7 nitrogen and oxygen atoms in total. The number of guanidine groups is 1. The van der Waals surface area contributed by atoms with Crippen LogP contribution in [-0.4, -0.2) is 49.9 Å². The molecule has 0 radical (unpaired) electrons. The first-order chi connectivity index (χ1) is 14.2. The first-order valence-corrected chi connectivity index (χ1v) is 9.73. The highest BCUT2D eigenvalue weighted by Crippen LogP contribution is 2.27. The predicted octanol–water partition coefficient (Wildman–Crippen LogP) is 3.39. The zero-order chi connectivity index (χ0) is 20.6. The van der Waals surface area contributed by atoms with Gasteiger partial charge in [0.15, 0.2) is 17.5 Å². The Balaban J connectivity index is 0.00000320. The number of fused-ring (bicyclic) bond motifs is 1. The van der Waals surface area contributed by atoms with Crippen molar-refractivity contribution >= 4 is 41.0 Å². The van der Waals surface area contributed by atoms with Crippen molar-refractivity contribution in [1.82, 2.24) is 20.2 Å². The lowest BCUT2D eigenvalue weighted by molar-refractivity contribution is 0.354. The molecule has 0 spiro atoms. The maximum absolute atomic E-state index is 5.37. The number of aliphatic imine (C=N–C) groups is 1. The van der Waals surface area contributed by atoms with Crippen LogP contribution >= 0.6 is 24.0 Å². The summed E-state index contributed by atoms with van der Waals surface area (Å²) in [4.78, 5) is 8.92. The van der Waals surface area contributed by atoms with Crippen LogP contribution in [0.25, 0.3) is 11.0 Å². The minimum atomic E-state index is 0. The number of aryl methyl sites for hydroxylation is 1. The molecule has 0 bridgehead atoms. The lowest BCUT2D eigenvalue weighted by Crippen LogP contribution is -2.39. The van der Waals surface area contributed by atoms with E-state index in [-0.39, 0.29) is 24.0 Å². The fraction of sp³-hybridized carbons (Fsp3) is 0.364. The molecule has 0 saturated carbocycles. The molecule has 2 aromatic carbocycles. The molecule has 0 aliphatic carbocycles. The molecule has 0 aliphatic rings. The van der Waals surface area contributed by atoms with E-state index in [4.69, 9.17) is 9.47 Å². The predicted molar refractivity (Wildman–Crippen MR) is 132 cm³/mol. The van der Waals surface area contributed by atoms with Gasteiger partial charge in [-0.05, 0) is 43.2 Å². The van der Waals surface area contributed by atoms with Crippen LogP contribution in [-0.2, 0) is 13.0 Å². The van der Waals surface area contributed by atoms with Crippen molar-refractivity contribution in [3.63, 3.8) is 0 Å². The molecule has 2 N–H and O–H groups in total. The van der Waals surface area contributed by atoms with Crippen molar-refractivity contribution in [3.05, 3.63) is 53.9 Å². The molecule has 8 heteroatoms. The van der Waals surface area contributed by atoms with Crippen molar-refractivity contribution in [2.45, 2.75) is 19.9 Å². The van der Waals surface area contributed by atoms with Gasteiger partial charge in [-0.2, -0.15) is 0 Å². The van der Waals surface area contributed by atoms with Gasteiger partial charge < -0.3 is 24.7 Å². The molecule has 1 heterocycles. The third-order valence-electron chi connectivity index (χ3n) is 4.85. The fourth-order valence-corrected chi connectivity index (χ4v) is 3.35. The summed E-state index contributed by atoms with van der Waals surface area (Å²) in [7, 11) is 5.07. The highest BCUT2D eigenvalue weighted by molar-refractivity contribution is 14.0. The summed E-state index contributed by atoms with van der Waals surface area (Å²) in [6, 6.07) is 14.2. The lowest BCUT2D eigenvalue weighted by Gasteiger charge is -2.14. The molecule has 30 heavy (non-hydrogen) atoms. The molecule has 1 aromatic heterocycles. The lowest BCUT2D eigenvalue weighted by atomic mass is 10.1. The Morgan fingerprint density at radius 2 is 1.77 bits per heavy atom. The van der Waals surface area contributed by atoms with Gasteiger partial charge in [0.25, 0.3) is 0 Å². The highest BCUT2D eigenvalue weighted by atomic mass is 127. The first kappa shape index (κ1) is 23.8. The Kier molecular flexibility index (Phi) is 9.22. The van der Waals surface area contributed by atoms with E-state index in [0.29, 0.717) is 0 Å². The van der Waals surface area contributed by atoms with Gasteiger partial charge in [-0.25, -0.2) is 4.98 Å². The van der Waals surface area contributed by atoms with Crippen LogP contribution in [0.3, 0.4) is 0 Å². The number of nitrogens with one attached hydrogen (secondary N) is 2. The minimum absolute atomic E-state index is 0. The number of imidazole rings is 1. The Bertz CT molecular complexity index is 987. The largest absolute Gasteiger partial charge is 0.493 e. The van der Waals surface area contributed by atoms with Gasteiger partial charge in [0.05, 0.1) is 25.3 Å². The number of ether oxygens (including phenoxy) is 2. The van der Waals surface area contributed by atoms with Gasteiger partial charge in [-0.1, -0.05) is 18.2 Å². The van der Waals surface area contributed by atoms with E-state index in [0.717, 1.165) is 60.4 Å². The monoisotopic (exact) mass is 523 g/mol. The van der Waals surface area contributed by atoms with Crippen molar-refractivity contribution in [3.8, 4) is 11.5 Å². The highest BCUT2D eigenvalue weighted by Gasteiger charge is 2.07. The van der Waals surface area contributed by atoms with Crippen molar-refractivity contribution < 1.29 is 9.47 Å². The zero-order valence-corrected chi connectivity index (χ0v) is 20.3. The number of hydrogen-bond acceptors (Lipinski definition) is 4. The third-order valence-corrected chi connectivity index (χ3v) is 4.85. The van der Waals surface area contributed by atoms with E-state index in [9.17, 15) is 0 Å². The Morgan fingerprint density at radius 3 is 2.50 bits per heavy atom. The molecule has 3 aromatic rings. The molecular formula is C22H30IN5O2. The van der Waals surface area contributed by atoms with Crippen LogP contribution in [0.4, 0.5) is 0 Å². The van der Waals surface area contributed by atoms with E-state index in [1.807, 2.05) is 43.3 Å². The average Bonchev–Trinajstić information content (AvgIpc) is 3.07.